The third-order valence-electron chi connectivity index (χ3n) is 3.64. The highest BCUT2D eigenvalue weighted by atomic mass is 35.5. The van der Waals surface area contributed by atoms with E-state index in [1.165, 1.54) is 0 Å². The Kier molecular flexibility index (Phi) is 5.78. The molecule has 0 aromatic heterocycles. The highest BCUT2D eigenvalue weighted by molar-refractivity contribution is 7.91. The van der Waals surface area contributed by atoms with Crippen LogP contribution in [0.3, 0.4) is 0 Å². The molecule has 1 amide bonds. The molecule has 0 bridgehead atoms. The highest BCUT2D eigenvalue weighted by Gasteiger charge is 2.39. The van der Waals surface area contributed by atoms with Crippen LogP contribution >= 0.6 is 23.2 Å². The molecule has 1 fully saturated rings. The van der Waals surface area contributed by atoms with Crippen molar-refractivity contribution in [3.63, 3.8) is 0 Å². The maximum Gasteiger partial charge on any atom is 0.310 e. The molecule has 0 aliphatic carbocycles. The molecular formula is C15H17Cl2NO5S. The van der Waals surface area contributed by atoms with Crippen molar-refractivity contribution in [1.82, 2.24) is 5.32 Å². The third-order valence-corrected chi connectivity index (χ3v) is 6.28. The van der Waals surface area contributed by atoms with Gasteiger partial charge in [-0.2, -0.15) is 0 Å². The molecule has 2 rings (SSSR count). The number of sulfone groups is 1. The average molecular weight is 394 g/mol. The Bertz CT molecular complexity index is 765. The standard InChI is InChI=1S/C15H17Cl2NO5S/c1-15(4-5-24(21,22)9-15)18-13(19)8-23-14(20)7-10-2-3-11(16)12(17)6-10/h2-3,6H,4-5,7-9H2,1H3,(H,18,19)/t15-/m1/s1. The van der Waals surface area contributed by atoms with Gasteiger partial charge in [0.05, 0.1) is 33.5 Å². The first-order valence-corrected chi connectivity index (χ1v) is 9.77. The van der Waals surface area contributed by atoms with Crippen LogP contribution in [0.25, 0.3) is 0 Å². The van der Waals surface area contributed by atoms with E-state index in [0.29, 0.717) is 22.0 Å². The molecule has 1 saturated heterocycles. The maximum absolute atomic E-state index is 11.8. The number of ether oxygens (including phenoxy) is 1. The van der Waals surface area contributed by atoms with Crippen molar-refractivity contribution >= 4 is 44.9 Å². The summed E-state index contributed by atoms with van der Waals surface area (Å²) in [6, 6.07) is 4.76. The number of amides is 1. The molecule has 0 saturated carbocycles. The molecule has 24 heavy (non-hydrogen) atoms. The van der Waals surface area contributed by atoms with Crippen molar-refractivity contribution in [2.24, 2.45) is 0 Å². The van der Waals surface area contributed by atoms with Crippen LogP contribution < -0.4 is 5.32 Å². The number of hydrogen-bond acceptors (Lipinski definition) is 5. The van der Waals surface area contributed by atoms with Gasteiger partial charge in [-0.1, -0.05) is 29.3 Å². The summed E-state index contributed by atoms with van der Waals surface area (Å²) in [5.41, 5.74) is -0.199. The van der Waals surface area contributed by atoms with Gasteiger partial charge in [-0.3, -0.25) is 9.59 Å². The molecule has 1 aromatic carbocycles. The van der Waals surface area contributed by atoms with E-state index in [0.717, 1.165) is 0 Å². The zero-order valence-electron chi connectivity index (χ0n) is 13.0. The number of benzene rings is 1. The van der Waals surface area contributed by atoms with E-state index in [1.54, 1.807) is 25.1 Å². The Morgan fingerprint density at radius 1 is 1.29 bits per heavy atom. The fourth-order valence-corrected chi connectivity index (χ4v) is 4.91. The topological polar surface area (TPSA) is 89.5 Å². The Hall–Kier alpha value is -1.31. The van der Waals surface area contributed by atoms with Crippen LogP contribution in [0.1, 0.15) is 18.9 Å². The monoisotopic (exact) mass is 393 g/mol. The number of nitrogens with one attached hydrogen (secondary N) is 1. The Morgan fingerprint density at radius 2 is 2.00 bits per heavy atom. The summed E-state index contributed by atoms with van der Waals surface area (Å²) in [4.78, 5) is 23.6. The summed E-state index contributed by atoms with van der Waals surface area (Å²) < 4.78 is 27.9. The van der Waals surface area contributed by atoms with Crippen LogP contribution in [-0.4, -0.2) is 43.9 Å². The van der Waals surface area contributed by atoms with Crippen LogP contribution in [0.5, 0.6) is 0 Å². The van der Waals surface area contributed by atoms with E-state index < -0.39 is 33.9 Å². The lowest BCUT2D eigenvalue weighted by molar-refractivity contribution is -0.148. The van der Waals surface area contributed by atoms with E-state index in [9.17, 15) is 18.0 Å². The van der Waals surface area contributed by atoms with Gasteiger partial charge >= 0.3 is 5.97 Å². The zero-order valence-corrected chi connectivity index (χ0v) is 15.3. The largest absolute Gasteiger partial charge is 0.455 e. The molecule has 1 heterocycles. The van der Waals surface area contributed by atoms with Gasteiger partial charge in [0.15, 0.2) is 16.4 Å². The highest BCUT2D eigenvalue weighted by Crippen LogP contribution is 2.23. The van der Waals surface area contributed by atoms with Gasteiger partial charge in [-0.25, -0.2) is 8.42 Å². The van der Waals surface area contributed by atoms with E-state index in [-0.39, 0.29) is 17.9 Å². The minimum absolute atomic E-state index is 0.0426. The maximum atomic E-state index is 11.8. The molecule has 132 valence electrons. The Morgan fingerprint density at radius 3 is 2.58 bits per heavy atom. The normalized spacial score (nSPS) is 22.1. The molecule has 0 unspecified atom stereocenters. The number of hydrogen-bond donors (Lipinski definition) is 1. The summed E-state index contributed by atoms with van der Waals surface area (Å²) in [5, 5.41) is 3.32. The SMILES string of the molecule is C[C@@]1(NC(=O)COC(=O)Cc2ccc(Cl)c(Cl)c2)CCS(=O)(=O)C1. The number of esters is 1. The first-order chi connectivity index (χ1) is 11.1. The fourth-order valence-electron chi connectivity index (χ4n) is 2.50. The Balaban J connectivity index is 1.81. The minimum atomic E-state index is -3.12. The number of carbonyl (C=O) groups is 2. The predicted octanol–water partition coefficient (Wildman–Crippen LogP) is 1.77. The van der Waals surface area contributed by atoms with Gasteiger partial charge in [0.2, 0.25) is 0 Å². The first kappa shape index (κ1) is 19.0. The van der Waals surface area contributed by atoms with E-state index in [1.807, 2.05) is 0 Å². The number of rotatable bonds is 5. The Labute approximate surface area is 150 Å². The van der Waals surface area contributed by atoms with Crippen LogP contribution in [0.4, 0.5) is 0 Å². The number of carbonyl (C=O) groups excluding carboxylic acids is 2. The van der Waals surface area contributed by atoms with Crippen molar-refractivity contribution in [3.8, 4) is 0 Å². The van der Waals surface area contributed by atoms with Gasteiger partial charge in [0.1, 0.15) is 0 Å². The molecule has 1 aliphatic rings. The van der Waals surface area contributed by atoms with E-state index in [2.05, 4.69) is 5.32 Å². The second-order valence-corrected chi connectivity index (χ2v) is 9.04. The second-order valence-electron chi connectivity index (χ2n) is 6.04. The van der Waals surface area contributed by atoms with Gasteiger partial charge in [0, 0.05) is 0 Å². The average Bonchev–Trinajstić information content (AvgIpc) is 2.74. The lowest BCUT2D eigenvalue weighted by atomic mass is 10.0. The fraction of sp³-hybridized carbons (Fsp3) is 0.467. The van der Waals surface area contributed by atoms with Crippen LogP contribution in [0.2, 0.25) is 10.0 Å². The molecule has 6 nitrogen and oxygen atoms in total. The molecule has 0 spiro atoms. The third kappa shape index (κ3) is 5.36. The van der Waals surface area contributed by atoms with E-state index >= 15 is 0 Å². The summed E-state index contributed by atoms with van der Waals surface area (Å²) in [6.45, 7) is 1.20. The first-order valence-electron chi connectivity index (χ1n) is 7.20. The molecule has 1 N–H and O–H groups in total. The zero-order chi connectivity index (χ0) is 18.0. The van der Waals surface area contributed by atoms with Crippen molar-refractivity contribution in [2.75, 3.05) is 18.1 Å². The van der Waals surface area contributed by atoms with Gasteiger partial charge < -0.3 is 10.1 Å². The summed E-state index contributed by atoms with van der Waals surface area (Å²) in [6.07, 6.45) is 0.300. The number of halogens is 2. The molecule has 0 radical (unpaired) electrons. The molecule has 9 heteroatoms. The minimum Gasteiger partial charge on any atom is -0.455 e. The molecule has 1 aliphatic heterocycles. The lowest BCUT2D eigenvalue weighted by Crippen LogP contribution is -2.48. The second kappa shape index (κ2) is 7.29. The van der Waals surface area contributed by atoms with Gasteiger partial charge in [0.25, 0.3) is 5.91 Å². The predicted molar refractivity (Wildman–Crippen MR) is 90.9 cm³/mol. The lowest BCUT2D eigenvalue weighted by Gasteiger charge is -2.23. The summed E-state index contributed by atoms with van der Waals surface area (Å²) in [5.74, 6) is -1.19. The van der Waals surface area contributed by atoms with Crippen molar-refractivity contribution in [2.45, 2.75) is 25.3 Å². The smallest absolute Gasteiger partial charge is 0.310 e. The molecule has 1 aromatic rings. The van der Waals surface area contributed by atoms with Gasteiger partial charge in [-0.05, 0) is 31.0 Å². The van der Waals surface area contributed by atoms with Crippen molar-refractivity contribution in [1.29, 1.82) is 0 Å². The van der Waals surface area contributed by atoms with Crippen LogP contribution in [-0.2, 0) is 30.6 Å². The molecule has 1 atom stereocenters. The summed E-state index contributed by atoms with van der Waals surface area (Å²) >= 11 is 11.7. The van der Waals surface area contributed by atoms with Crippen molar-refractivity contribution in [3.05, 3.63) is 33.8 Å². The van der Waals surface area contributed by atoms with Gasteiger partial charge in [-0.15, -0.1) is 0 Å². The quantitative estimate of drug-likeness (QED) is 0.769. The van der Waals surface area contributed by atoms with E-state index in [4.69, 9.17) is 27.9 Å². The van der Waals surface area contributed by atoms with Crippen LogP contribution in [0.15, 0.2) is 18.2 Å². The van der Waals surface area contributed by atoms with Crippen molar-refractivity contribution < 1.29 is 22.7 Å². The van der Waals surface area contributed by atoms with Crippen LogP contribution in [0, 0.1) is 0 Å². The molecular weight excluding hydrogens is 377 g/mol. The summed E-state index contributed by atoms with van der Waals surface area (Å²) in [7, 11) is -3.12.